The molecular weight excluding hydrogens is 313 g/mol. The first-order valence-corrected chi connectivity index (χ1v) is 8.05. The average molecular weight is 337 g/mol. The van der Waals surface area contributed by atoms with E-state index in [0.717, 1.165) is 0 Å². The monoisotopic (exact) mass is 337 g/mol. The van der Waals surface area contributed by atoms with Crippen molar-refractivity contribution in [2.75, 3.05) is 13.1 Å². The van der Waals surface area contributed by atoms with Crippen LogP contribution in [-0.4, -0.2) is 46.6 Å². The topological polar surface area (TPSA) is 71.5 Å². The largest absolute Gasteiger partial charge is 0.444 e. The van der Waals surface area contributed by atoms with Crippen molar-refractivity contribution in [2.24, 2.45) is 5.92 Å². The molecule has 2 heterocycles. The fraction of sp³-hybridized carbons (Fsp3) is 0.588. The molecule has 0 bridgehead atoms. The van der Waals surface area contributed by atoms with E-state index in [2.05, 4.69) is 10.3 Å². The molecule has 1 aromatic rings. The number of aromatic nitrogens is 1. The van der Waals surface area contributed by atoms with Crippen molar-refractivity contribution in [1.29, 1.82) is 0 Å². The number of likely N-dealkylation sites (tertiary alicyclic amines) is 1. The molecule has 2 rings (SSSR count). The molecular formula is C17H24FN3O3. The van der Waals surface area contributed by atoms with Crippen molar-refractivity contribution in [3.8, 4) is 0 Å². The zero-order valence-corrected chi connectivity index (χ0v) is 14.5. The standard InChI is InChI=1S/C17H24FN3O3/c1-11(20-15(22)14-13(18)6-5-7-19-14)8-12-9-21(10-12)16(23)24-17(2,3)4/h5-7,11-12H,8-10H2,1-4H3,(H,20,22)/t11-/m0/s1. The first kappa shape index (κ1) is 18.2. The minimum Gasteiger partial charge on any atom is -0.444 e. The lowest BCUT2D eigenvalue weighted by Crippen LogP contribution is -2.53. The SMILES string of the molecule is C[C@@H](CC1CN(C(=O)OC(C)(C)C)C1)NC(=O)c1ncccc1F. The van der Waals surface area contributed by atoms with E-state index in [1.807, 2.05) is 27.7 Å². The van der Waals surface area contributed by atoms with E-state index in [1.165, 1.54) is 18.3 Å². The number of amides is 2. The van der Waals surface area contributed by atoms with E-state index in [9.17, 15) is 14.0 Å². The lowest BCUT2D eigenvalue weighted by Gasteiger charge is -2.40. The summed E-state index contributed by atoms with van der Waals surface area (Å²) in [5, 5.41) is 2.74. The van der Waals surface area contributed by atoms with Crippen LogP contribution in [0.15, 0.2) is 18.3 Å². The van der Waals surface area contributed by atoms with E-state index < -0.39 is 17.3 Å². The molecule has 2 amide bonds. The van der Waals surface area contributed by atoms with Gasteiger partial charge in [0.1, 0.15) is 5.60 Å². The van der Waals surface area contributed by atoms with Gasteiger partial charge in [-0.1, -0.05) is 0 Å². The summed E-state index contributed by atoms with van der Waals surface area (Å²) in [6, 6.07) is 2.51. The molecule has 1 N–H and O–H groups in total. The van der Waals surface area contributed by atoms with Gasteiger partial charge in [-0.3, -0.25) is 4.79 Å². The van der Waals surface area contributed by atoms with Gasteiger partial charge in [-0.15, -0.1) is 0 Å². The van der Waals surface area contributed by atoms with Crippen LogP contribution in [0, 0.1) is 11.7 Å². The third-order valence-corrected chi connectivity index (χ3v) is 3.65. The third kappa shape index (κ3) is 4.91. The fourth-order valence-electron chi connectivity index (χ4n) is 2.60. The van der Waals surface area contributed by atoms with Gasteiger partial charge in [0.05, 0.1) is 0 Å². The molecule has 0 radical (unpaired) electrons. The van der Waals surface area contributed by atoms with Gasteiger partial charge in [0.15, 0.2) is 11.5 Å². The Labute approximate surface area is 141 Å². The molecule has 1 fully saturated rings. The number of carbonyl (C=O) groups excluding carboxylic acids is 2. The predicted octanol–water partition coefficient (Wildman–Crippen LogP) is 2.60. The van der Waals surface area contributed by atoms with Gasteiger partial charge in [-0.05, 0) is 52.2 Å². The summed E-state index contributed by atoms with van der Waals surface area (Å²) < 4.78 is 18.8. The van der Waals surface area contributed by atoms with Crippen molar-refractivity contribution >= 4 is 12.0 Å². The lowest BCUT2D eigenvalue weighted by atomic mass is 9.93. The number of nitrogens with one attached hydrogen (secondary N) is 1. The van der Waals surface area contributed by atoms with Crippen LogP contribution in [0.2, 0.25) is 0 Å². The van der Waals surface area contributed by atoms with Crippen LogP contribution in [0.25, 0.3) is 0 Å². The van der Waals surface area contributed by atoms with Gasteiger partial charge in [0.25, 0.3) is 5.91 Å². The zero-order chi connectivity index (χ0) is 17.9. The van der Waals surface area contributed by atoms with Crippen LogP contribution >= 0.6 is 0 Å². The Bertz CT molecular complexity index is 609. The molecule has 0 aliphatic carbocycles. The number of halogens is 1. The van der Waals surface area contributed by atoms with Gasteiger partial charge < -0.3 is 15.0 Å². The molecule has 0 aromatic carbocycles. The normalized spacial score (nSPS) is 16.3. The molecule has 24 heavy (non-hydrogen) atoms. The highest BCUT2D eigenvalue weighted by atomic mass is 19.1. The number of rotatable bonds is 4. The van der Waals surface area contributed by atoms with Gasteiger partial charge in [-0.2, -0.15) is 0 Å². The van der Waals surface area contributed by atoms with Crippen LogP contribution in [0.5, 0.6) is 0 Å². The zero-order valence-electron chi connectivity index (χ0n) is 14.5. The number of hydrogen-bond donors (Lipinski definition) is 1. The maximum atomic E-state index is 13.5. The van der Waals surface area contributed by atoms with Crippen LogP contribution in [0.3, 0.4) is 0 Å². The molecule has 0 spiro atoms. The summed E-state index contributed by atoms with van der Waals surface area (Å²) in [6.07, 6.45) is 1.78. The minimum absolute atomic E-state index is 0.135. The molecule has 1 aromatic heterocycles. The molecule has 0 unspecified atom stereocenters. The van der Waals surface area contributed by atoms with Gasteiger partial charge >= 0.3 is 6.09 Å². The highest BCUT2D eigenvalue weighted by Crippen LogP contribution is 2.23. The quantitative estimate of drug-likeness (QED) is 0.917. The summed E-state index contributed by atoms with van der Waals surface area (Å²) in [5.41, 5.74) is -0.704. The van der Waals surface area contributed by atoms with Crippen molar-refractivity contribution in [3.05, 3.63) is 29.8 Å². The van der Waals surface area contributed by atoms with E-state index in [1.54, 1.807) is 4.90 Å². The van der Waals surface area contributed by atoms with Crippen LogP contribution in [0.4, 0.5) is 9.18 Å². The Hall–Kier alpha value is -2.18. The lowest BCUT2D eigenvalue weighted by molar-refractivity contribution is -0.00333. The average Bonchev–Trinajstić information content (AvgIpc) is 2.40. The molecule has 7 heteroatoms. The Morgan fingerprint density at radius 3 is 2.71 bits per heavy atom. The maximum Gasteiger partial charge on any atom is 0.410 e. The Morgan fingerprint density at radius 2 is 2.12 bits per heavy atom. The Balaban J connectivity index is 1.75. The number of hydrogen-bond acceptors (Lipinski definition) is 4. The van der Waals surface area contributed by atoms with E-state index in [-0.39, 0.29) is 17.8 Å². The summed E-state index contributed by atoms with van der Waals surface area (Å²) in [5.74, 6) is -0.868. The van der Waals surface area contributed by atoms with Gasteiger partial charge in [0, 0.05) is 25.3 Å². The predicted molar refractivity (Wildman–Crippen MR) is 87.0 cm³/mol. The summed E-state index contributed by atoms with van der Waals surface area (Å²) >= 11 is 0. The number of ether oxygens (including phenoxy) is 1. The smallest absolute Gasteiger partial charge is 0.410 e. The Kier molecular flexibility index (Phi) is 5.41. The van der Waals surface area contributed by atoms with Crippen LogP contribution in [0.1, 0.15) is 44.6 Å². The molecule has 0 saturated carbocycles. The van der Waals surface area contributed by atoms with Crippen molar-refractivity contribution in [1.82, 2.24) is 15.2 Å². The first-order valence-electron chi connectivity index (χ1n) is 8.05. The van der Waals surface area contributed by atoms with Crippen LogP contribution < -0.4 is 5.32 Å². The van der Waals surface area contributed by atoms with Crippen LogP contribution in [-0.2, 0) is 4.74 Å². The first-order chi connectivity index (χ1) is 11.2. The molecule has 1 aliphatic heterocycles. The minimum atomic E-state index is -0.637. The van der Waals surface area contributed by atoms with E-state index in [4.69, 9.17) is 4.74 Å². The van der Waals surface area contributed by atoms with Crippen molar-refractivity contribution in [2.45, 2.75) is 45.8 Å². The number of nitrogens with zero attached hydrogens (tertiary/aromatic N) is 2. The van der Waals surface area contributed by atoms with Crippen molar-refractivity contribution < 1.29 is 18.7 Å². The maximum absolute atomic E-state index is 13.5. The Morgan fingerprint density at radius 1 is 1.46 bits per heavy atom. The van der Waals surface area contributed by atoms with Crippen molar-refractivity contribution in [3.63, 3.8) is 0 Å². The second-order valence-electron chi connectivity index (χ2n) is 7.20. The highest BCUT2D eigenvalue weighted by Gasteiger charge is 2.34. The van der Waals surface area contributed by atoms with E-state index >= 15 is 0 Å². The summed E-state index contributed by atoms with van der Waals surface area (Å²) in [6.45, 7) is 8.55. The molecule has 6 nitrogen and oxygen atoms in total. The molecule has 1 atom stereocenters. The number of carbonyl (C=O) groups is 2. The van der Waals surface area contributed by atoms with Gasteiger partial charge in [0.2, 0.25) is 0 Å². The van der Waals surface area contributed by atoms with Gasteiger partial charge in [-0.25, -0.2) is 14.2 Å². The highest BCUT2D eigenvalue weighted by molar-refractivity contribution is 5.92. The second kappa shape index (κ2) is 7.15. The molecule has 1 aliphatic rings. The third-order valence-electron chi connectivity index (χ3n) is 3.65. The molecule has 1 saturated heterocycles. The summed E-state index contributed by atoms with van der Waals surface area (Å²) in [7, 11) is 0. The fourth-order valence-corrected chi connectivity index (χ4v) is 2.60. The second-order valence-corrected chi connectivity index (χ2v) is 7.20. The van der Waals surface area contributed by atoms with E-state index in [0.29, 0.717) is 25.4 Å². The molecule has 132 valence electrons. The summed E-state index contributed by atoms with van der Waals surface area (Å²) in [4.78, 5) is 29.3. The number of pyridine rings is 1.